The van der Waals surface area contributed by atoms with Gasteiger partial charge >= 0.3 is 0 Å². The molecule has 10 heteroatoms. The molecule has 0 fully saturated rings. The summed E-state index contributed by atoms with van der Waals surface area (Å²) in [5.74, 6) is 0.436. The maximum atomic E-state index is 13.2. The van der Waals surface area contributed by atoms with Gasteiger partial charge in [0.15, 0.2) is 0 Å². The van der Waals surface area contributed by atoms with E-state index in [1.54, 1.807) is 49.4 Å². The molecule has 0 aliphatic heterocycles. The van der Waals surface area contributed by atoms with Gasteiger partial charge in [-0.15, -0.1) is 11.8 Å². The van der Waals surface area contributed by atoms with E-state index in [1.807, 2.05) is 6.07 Å². The summed E-state index contributed by atoms with van der Waals surface area (Å²) >= 11 is 7.18. The summed E-state index contributed by atoms with van der Waals surface area (Å²) in [4.78, 5) is 16.2. The first-order valence-electron chi connectivity index (χ1n) is 9.91. The molecule has 2 aromatic carbocycles. The monoisotopic (exact) mass is 500 g/mol. The Hall–Kier alpha value is -3.48. The van der Waals surface area contributed by atoms with Crippen molar-refractivity contribution in [1.29, 1.82) is 5.26 Å². The third-order valence-corrected chi connectivity index (χ3v) is 6.06. The normalized spacial score (nSPS) is 11.0. The van der Waals surface area contributed by atoms with Crippen LogP contribution in [0.5, 0.6) is 5.75 Å². The van der Waals surface area contributed by atoms with E-state index in [2.05, 4.69) is 15.5 Å². The predicted octanol–water partition coefficient (Wildman–Crippen LogP) is 5.92. The van der Waals surface area contributed by atoms with Crippen molar-refractivity contribution in [2.75, 3.05) is 7.11 Å². The fraction of sp³-hybridized carbons (Fsp3) is 0.167. The first-order valence-corrected chi connectivity index (χ1v) is 11.3. The van der Waals surface area contributed by atoms with Gasteiger partial charge in [-0.2, -0.15) is 10.4 Å². The summed E-state index contributed by atoms with van der Waals surface area (Å²) in [6.45, 7) is 1.60. The molecule has 34 heavy (non-hydrogen) atoms. The Kier molecular flexibility index (Phi) is 8.57. The largest absolute Gasteiger partial charge is 0.496 e. The van der Waals surface area contributed by atoms with Crippen molar-refractivity contribution < 1.29 is 18.3 Å². The minimum absolute atomic E-state index is 0.228. The quantitative estimate of drug-likeness (QED) is 0.236. The maximum absolute atomic E-state index is 13.2. The number of carbonyl (C=O) groups excluding carboxylic acids is 1. The van der Waals surface area contributed by atoms with Gasteiger partial charge in [0, 0.05) is 11.3 Å². The number of hydrazone groups is 1. The third-order valence-electron chi connectivity index (χ3n) is 4.71. The molecule has 1 heterocycles. The molecule has 1 aromatic heterocycles. The molecule has 1 amide bonds. The van der Waals surface area contributed by atoms with Crippen molar-refractivity contribution >= 4 is 35.5 Å². The van der Waals surface area contributed by atoms with Gasteiger partial charge in [-0.05, 0) is 54.4 Å². The van der Waals surface area contributed by atoms with Crippen molar-refractivity contribution in [2.24, 2.45) is 5.10 Å². The number of alkyl halides is 2. The molecule has 0 unspecified atom stereocenters. The average Bonchev–Trinajstić information content (AvgIpc) is 2.82. The second-order valence-corrected chi connectivity index (χ2v) is 8.37. The van der Waals surface area contributed by atoms with Crippen LogP contribution in [-0.4, -0.2) is 24.2 Å². The molecule has 0 saturated heterocycles. The molecule has 0 aliphatic rings. The third kappa shape index (κ3) is 6.10. The summed E-state index contributed by atoms with van der Waals surface area (Å²) < 4.78 is 31.8. The van der Waals surface area contributed by atoms with E-state index in [1.165, 1.54) is 19.4 Å². The number of aryl methyl sites for hydroxylation is 1. The number of aromatic nitrogens is 1. The number of halogens is 3. The Labute approximate surface area is 204 Å². The fourth-order valence-corrected chi connectivity index (χ4v) is 4.29. The number of nitriles is 1. The van der Waals surface area contributed by atoms with E-state index in [0.717, 1.165) is 17.3 Å². The molecule has 0 saturated carbocycles. The number of nitrogens with one attached hydrogen (secondary N) is 1. The lowest BCUT2D eigenvalue weighted by molar-refractivity contribution is 0.0955. The first kappa shape index (κ1) is 25.1. The van der Waals surface area contributed by atoms with Gasteiger partial charge in [0.1, 0.15) is 22.5 Å². The van der Waals surface area contributed by atoms with E-state index >= 15 is 0 Å². The van der Waals surface area contributed by atoms with Crippen LogP contribution in [0, 0.1) is 18.3 Å². The Balaban J connectivity index is 1.77. The molecule has 0 bridgehead atoms. The van der Waals surface area contributed by atoms with Crippen LogP contribution < -0.4 is 10.2 Å². The molecule has 0 atom stereocenters. The van der Waals surface area contributed by atoms with Gasteiger partial charge < -0.3 is 4.74 Å². The zero-order chi connectivity index (χ0) is 24.7. The lowest BCUT2D eigenvalue weighted by Gasteiger charge is -2.11. The highest BCUT2D eigenvalue weighted by molar-refractivity contribution is 7.98. The number of hydrogen-bond donors (Lipinski definition) is 1. The first-order chi connectivity index (χ1) is 16.3. The maximum Gasteiger partial charge on any atom is 0.280 e. The van der Waals surface area contributed by atoms with Crippen molar-refractivity contribution in [3.63, 3.8) is 0 Å². The number of benzene rings is 2. The summed E-state index contributed by atoms with van der Waals surface area (Å²) in [6.07, 6.45) is -1.27. The van der Waals surface area contributed by atoms with Crippen molar-refractivity contribution in [3.8, 4) is 11.8 Å². The van der Waals surface area contributed by atoms with Gasteiger partial charge in [-0.1, -0.05) is 23.7 Å². The molecular formula is C24H19ClF2N4O2S. The highest BCUT2D eigenvalue weighted by Gasteiger charge is 2.17. The molecule has 0 radical (unpaired) electrons. The van der Waals surface area contributed by atoms with Crippen molar-refractivity contribution in [1.82, 2.24) is 10.4 Å². The number of hydrogen-bond acceptors (Lipinski definition) is 6. The smallest absolute Gasteiger partial charge is 0.280 e. The Bertz CT molecular complexity index is 1280. The summed E-state index contributed by atoms with van der Waals surface area (Å²) in [6, 6.07) is 15.1. The molecular weight excluding hydrogens is 482 g/mol. The lowest BCUT2D eigenvalue weighted by atomic mass is 10.1. The SMILES string of the molecule is COc1ccc(/C=N/NC(=O)c2ccccc2Cl)cc1CSc1nc(C(F)F)cc(C)c1C#N. The number of carbonyl (C=O) groups is 1. The van der Waals surface area contributed by atoms with Crippen LogP contribution in [0.15, 0.2) is 58.7 Å². The number of methoxy groups -OCH3 is 1. The molecule has 3 aromatic rings. The molecule has 174 valence electrons. The molecule has 3 rings (SSSR count). The van der Waals surface area contributed by atoms with Crippen LogP contribution in [0.2, 0.25) is 5.02 Å². The van der Waals surface area contributed by atoms with Gasteiger partial charge in [0.05, 0.1) is 29.5 Å². The van der Waals surface area contributed by atoms with Crippen LogP contribution >= 0.6 is 23.4 Å². The molecule has 1 N–H and O–H groups in total. The summed E-state index contributed by atoms with van der Waals surface area (Å²) in [7, 11) is 1.52. The average molecular weight is 501 g/mol. The molecule has 6 nitrogen and oxygen atoms in total. The van der Waals surface area contributed by atoms with Gasteiger partial charge in [0.2, 0.25) is 0 Å². The predicted molar refractivity (Wildman–Crippen MR) is 128 cm³/mol. The number of pyridine rings is 1. The Morgan fingerprint density at radius 3 is 2.76 bits per heavy atom. The van der Waals surface area contributed by atoms with Crippen molar-refractivity contribution in [2.45, 2.75) is 24.1 Å². The van der Waals surface area contributed by atoms with Crippen molar-refractivity contribution in [3.05, 3.63) is 87.1 Å². The van der Waals surface area contributed by atoms with E-state index in [-0.39, 0.29) is 16.3 Å². The standard InChI is InChI=1S/C24H19ClF2N4O2S/c1-14-9-20(22(26)27)30-24(18(14)11-28)34-13-16-10-15(7-8-21(16)33-2)12-29-31-23(32)17-5-3-4-6-19(17)25/h3-10,12,22H,13H2,1-2H3,(H,31,32)/b29-12+. The number of ether oxygens (including phenoxy) is 1. The van der Waals surface area contributed by atoms with E-state index in [9.17, 15) is 18.8 Å². The van der Waals surface area contributed by atoms with Gasteiger partial charge in [-0.25, -0.2) is 19.2 Å². The number of thioether (sulfide) groups is 1. The second-order valence-electron chi connectivity index (χ2n) is 7.00. The number of nitrogens with zero attached hydrogens (tertiary/aromatic N) is 3. The summed E-state index contributed by atoms with van der Waals surface area (Å²) in [5.41, 5.74) is 4.46. The van der Waals surface area contributed by atoms with E-state index < -0.39 is 12.3 Å². The lowest BCUT2D eigenvalue weighted by Crippen LogP contribution is -2.17. The van der Waals surface area contributed by atoms with Gasteiger partial charge in [0.25, 0.3) is 12.3 Å². The topological polar surface area (TPSA) is 87.4 Å². The van der Waals surface area contributed by atoms with Crippen LogP contribution in [0.4, 0.5) is 8.78 Å². The van der Waals surface area contributed by atoms with Gasteiger partial charge in [-0.3, -0.25) is 4.79 Å². The minimum atomic E-state index is -2.74. The van der Waals surface area contributed by atoms with Crippen LogP contribution in [0.25, 0.3) is 0 Å². The van der Waals surface area contributed by atoms with E-state index in [0.29, 0.717) is 33.2 Å². The summed E-state index contributed by atoms with van der Waals surface area (Å²) in [5, 5.41) is 14.0. The van der Waals surface area contributed by atoms with Crippen LogP contribution in [0.3, 0.4) is 0 Å². The van der Waals surface area contributed by atoms with E-state index in [4.69, 9.17) is 16.3 Å². The second kappa shape index (κ2) is 11.6. The fourth-order valence-electron chi connectivity index (χ4n) is 3.03. The van der Waals surface area contributed by atoms with Crippen LogP contribution in [0.1, 0.15) is 44.7 Å². The highest BCUT2D eigenvalue weighted by atomic mass is 35.5. The number of rotatable bonds is 8. The Morgan fingerprint density at radius 2 is 2.09 bits per heavy atom. The zero-order valence-electron chi connectivity index (χ0n) is 18.2. The molecule has 0 aliphatic carbocycles. The Morgan fingerprint density at radius 1 is 1.32 bits per heavy atom. The molecule has 0 spiro atoms. The zero-order valence-corrected chi connectivity index (χ0v) is 19.8. The van der Waals surface area contributed by atoms with Crippen LogP contribution in [-0.2, 0) is 5.75 Å². The minimum Gasteiger partial charge on any atom is -0.496 e. The number of amides is 1. The highest BCUT2D eigenvalue weighted by Crippen LogP contribution is 2.32.